The van der Waals surface area contributed by atoms with Crippen LogP contribution in [0.4, 0.5) is 0 Å². The van der Waals surface area contributed by atoms with Gasteiger partial charge in [-0.25, -0.2) is 0 Å². The molecular weight excluding hydrogens is 639 g/mol. The van der Waals surface area contributed by atoms with Crippen molar-refractivity contribution in [1.82, 2.24) is 4.57 Å². The number of hydrogen-bond donors (Lipinski definition) is 0. The monoisotopic (exact) mass is 669 g/mol. The Balaban J connectivity index is 1.09. The maximum Gasteiger partial charge on any atom is 0.0553 e. The largest absolute Gasteiger partial charge is 0.309 e. The summed E-state index contributed by atoms with van der Waals surface area (Å²) >= 11 is 0. The minimum atomic E-state index is 1.17. The molecule has 53 heavy (non-hydrogen) atoms. The molecule has 244 valence electrons. The summed E-state index contributed by atoms with van der Waals surface area (Å²) in [5.41, 5.74) is 8.56. The van der Waals surface area contributed by atoms with Crippen molar-refractivity contribution in [3.8, 4) is 27.9 Å². The minimum absolute atomic E-state index is 1.17. The summed E-state index contributed by atoms with van der Waals surface area (Å²) < 4.78 is 2.45. The lowest BCUT2D eigenvalue weighted by molar-refractivity contribution is 1.18. The second kappa shape index (κ2) is 10.8. The molecular formula is C52H31N. The van der Waals surface area contributed by atoms with E-state index in [1.807, 2.05) is 0 Å². The minimum Gasteiger partial charge on any atom is -0.309 e. The van der Waals surface area contributed by atoms with Gasteiger partial charge >= 0.3 is 0 Å². The summed E-state index contributed by atoms with van der Waals surface area (Å²) in [6.07, 6.45) is 0. The van der Waals surface area contributed by atoms with Gasteiger partial charge in [-0.2, -0.15) is 0 Å². The molecule has 0 saturated carbocycles. The zero-order valence-corrected chi connectivity index (χ0v) is 28.8. The third kappa shape index (κ3) is 3.97. The van der Waals surface area contributed by atoms with Crippen LogP contribution in [-0.2, 0) is 0 Å². The van der Waals surface area contributed by atoms with Crippen molar-refractivity contribution in [1.29, 1.82) is 0 Å². The summed E-state index contributed by atoms with van der Waals surface area (Å²) in [6.45, 7) is 0. The van der Waals surface area contributed by atoms with Gasteiger partial charge in [0.25, 0.3) is 0 Å². The Hall–Kier alpha value is -6.96. The molecule has 0 aliphatic carbocycles. The lowest BCUT2D eigenvalue weighted by Gasteiger charge is -2.17. The molecule has 12 aromatic rings. The Bertz CT molecular complexity index is 3370. The summed E-state index contributed by atoms with van der Waals surface area (Å²) in [5.74, 6) is 0. The number of nitrogens with zero attached hydrogens (tertiary/aromatic N) is 1. The lowest BCUT2D eigenvalue weighted by Crippen LogP contribution is -1.94. The van der Waals surface area contributed by atoms with Gasteiger partial charge in [0.1, 0.15) is 0 Å². The second-order valence-electron chi connectivity index (χ2n) is 14.4. The number of rotatable bonds is 3. The molecule has 0 amide bonds. The highest BCUT2D eigenvalue weighted by Gasteiger charge is 2.20. The van der Waals surface area contributed by atoms with Crippen molar-refractivity contribution in [3.05, 3.63) is 188 Å². The zero-order valence-electron chi connectivity index (χ0n) is 28.8. The van der Waals surface area contributed by atoms with Crippen LogP contribution in [0.5, 0.6) is 0 Å². The Morgan fingerprint density at radius 3 is 1.57 bits per heavy atom. The van der Waals surface area contributed by atoms with E-state index >= 15 is 0 Å². The van der Waals surface area contributed by atoms with E-state index in [2.05, 4.69) is 193 Å². The molecule has 0 bridgehead atoms. The van der Waals surface area contributed by atoms with Crippen molar-refractivity contribution in [2.24, 2.45) is 0 Å². The molecule has 1 heteroatoms. The molecule has 0 radical (unpaired) electrons. The quantitative estimate of drug-likeness (QED) is 0.130. The molecule has 0 saturated heterocycles. The molecule has 0 spiro atoms. The smallest absolute Gasteiger partial charge is 0.0553 e. The van der Waals surface area contributed by atoms with Crippen LogP contribution in [0, 0.1) is 0 Å². The van der Waals surface area contributed by atoms with E-state index in [1.54, 1.807) is 0 Å². The van der Waals surface area contributed by atoms with Crippen LogP contribution >= 0.6 is 0 Å². The van der Waals surface area contributed by atoms with Crippen molar-refractivity contribution in [2.45, 2.75) is 0 Å². The molecule has 0 N–H and O–H groups in total. The van der Waals surface area contributed by atoms with Gasteiger partial charge in [0, 0.05) is 16.5 Å². The van der Waals surface area contributed by atoms with Crippen molar-refractivity contribution < 1.29 is 0 Å². The summed E-state index contributed by atoms with van der Waals surface area (Å²) in [4.78, 5) is 0. The molecule has 12 rings (SSSR count). The van der Waals surface area contributed by atoms with E-state index in [9.17, 15) is 0 Å². The predicted molar refractivity (Wildman–Crippen MR) is 228 cm³/mol. The van der Waals surface area contributed by atoms with Crippen LogP contribution in [-0.4, -0.2) is 4.57 Å². The standard InChI is InChI=1S/C52H31N/c1-2-14-36(15-3-1)53-47-30-27-32-11-4-5-16-38(32)51(47)52-41-18-7-6-17-39(41)46(31-48(52)53)34-25-23-33(24-26-34)37-28-29-45-43-20-9-13-35-12-8-19-42(49(35)43)44-22-10-21-40(37)50(44)45/h1-31H. The third-order valence-electron chi connectivity index (χ3n) is 11.7. The highest BCUT2D eigenvalue weighted by molar-refractivity contribution is 6.34. The Morgan fingerprint density at radius 1 is 0.264 bits per heavy atom. The molecule has 0 aliphatic rings. The molecule has 1 heterocycles. The van der Waals surface area contributed by atoms with Gasteiger partial charge in [-0.05, 0) is 111 Å². The predicted octanol–water partition coefficient (Wildman–Crippen LogP) is 14.5. The van der Waals surface area contributed by atoms with Crippen LogP contribution in [0.1, 0.15) is 0 Å². The van der Waals surface area contributed by atoms with Gasteiger partial charge in [0.05, 0.1) is 11.0 Å². The molecule has 0 fully saturated rings. The first-order valence-electron chi connectivity index (χ1n) is 18.4. The first-order chi connectivity index (χ1) is 26.3. The molecule has 1 nitrogen and oxygen atoms in total. The lowest BCUT2D eigenvalue weighted by atomic mass is 9.87. The average molecular weight is 670 g/mol. The van der Waals surface area contributed by atoms with Crippen LogP contribution in [0.15, 0.2) is 188 Å². The van der Waals surface area contributed by atoms with Crippen LogP contribution < -0.4 is 0 Å². The first kappa shape index (κ1) is 28.7. The normalized spacial score (nSPS) is 12.2. The van der Waals surface area contributed by atoms with Crippen molar-refractivity contribution in [3.63, 3.8) is 0 Å². The first-order valence-corrected chi connectivity index (χ1v) is 18.4. The highest BCUT2D eigenvalue weighted by atomic mass is 15.0. The number of hydrogen-bond acceptors (Lipinski definition) is 0. The number of benzene rings is 11. The highest BCUT2D eigenvalue weighted by Crippen LogP contribution is 2.46. The van der Waals surface area contributed by atoms with E-state index in [4.69, 9.17) is 0 Å². The third-order valence-corrected chi connectivity index (χ3v) is 11.7. The Morgan fingerprint density at radius 2 is 0.792 bits per heavy atom. The van der Waals surface area contributed by atoms with E-state index in [-0.39, 0.29) is 0 Å². The van der Waals surface area contributed by atoms with E-state index in [0.717, 1.165) is 0 Å². The fraction of sp³-hybridized carbons (Fsp3) is 0. The molecule has 0 atom stereocenters. The summed E-state index contributed by atoms with van der Waals surface area (Å²) in [6, 6.07) is 69.7. The van der Waals surface area contributed by atoms with Crippen LogP contribution in [0.25, 0.3) is 114 Å². The molecule has 1 aromatic heterocycles. The van der Waals surface area contributed by atoms with Gasteiger partial charge in [0.2, 0.25) is 0 Å². The maximum atomic E-state index is 2.45. The van der Waals surface area contributed by atoms with Gasteiger partial charge in [-0.1, -0.05) is 164 Å². The fourth-order valence-corrected chi connectivity index (χ4v) is 9.46. The summed E-state index contributed by atoms with van der Waals surface area (Å²) in [5, 5.41) is 18.3. The summed E-state index contributed by atoms with van der Waals surface area (Å²) in [7, 11) is 0. The van der Waals surface area contributed by atoms with Gasteiger partial charge in [0.15, 0.2) is 0 Å². The van der Waals surface area contributed by atoms with Crippen molar-refractivity contribution in [2.75, 3.05) is 0 Å². The number of fused-ring (bicyclic) bond motifs is 9. The van der Waals surface area contributed by atoms with Crippen LogP contribution in [0.2, 0.25) is 0 Å². The van der Waals surface area contributed by atoms with E-state index < -0.39 is 0 Å². The maximum absolute atomic E-state index is 2.45. The second-order valence-corrected chi connectivity index (χ2v) is 14.4. The Labute approximate surface area is 305 Å². The topological polar surface area (TPSA) is 4.93 Å². The van der Waals surface area contributed by atoms with Gasteiger partial charge < -0.3 is 4.57 Å². The van der Waals surface area contributed by atoms with E-state index in [1.165, 1.54) is 114 Å². The molecule has 11 aromatic carbocycles. The van der Waals surface area contributed by atoms with E-state index in [0.29, 0.717) is 0 Å². The Kier molecular flexibility index (Phi) is 5.84. The average Bonchev–Trinajstić information content (AvgIpc) is 3.58. The SMILES string of the molecule is c1ccc(-n2c3ccc4ccccc4c3c3c4ccccc4c(-c4ccc(-c5ccc6c7cccc8cccc(c9cccc5c96)c87)cc4)cc32)cc1. The number of para-hydroxylation sites is 1. The van der Waals surface area contributed by atoms with Crippen molar-refractivity contribution >= 4 is 86.4 Å². The zero-order chi connectivity index (χ0) is 34.6. The van der Waals surface area contributed by atoms with Gasteiger partial charge in [-0.15, -0.1) is 0 Å². The molecule has 0 aliphatic heterocycles. The molecule has 0 unspecified atom stereocenters. The van der Waals surface area contributed by atoms with Gasteiger partial charge in [-0.3, -0.25) is 0 Å². The van der Waals surface area contributed by atoms with Crippen LogP contribution in [0.3, 0.4) is 0 Å². The number of aromatic nitrogens is 1. The fourth-order valence-electron chi connectivity index (χ4n) is 9.46.